The molecular weight excluding hydrogens is 248 g/mol. The normalized spacial score (nSPS) is 11.2. The van der Waals surface area contributed by atoms with Crippen molar-refractivity contribution in [1.82, 2.24) is 40.3 Å². The zero-order chi connectivity index (χ0) is 12.7. The van der Waals surface area contributed by atoms with E-state index in [1.807, 2.05) is 0 Å². The molecular formula is C10H6N8O. The highest BCUT2D eigenvalue weighted by Crippen LogP contribution is 2.07. The first-order valence-electron chi connectivity index (χ1n) is 5.43. The van der Waals surface area contributed by atoms with Gasteiger partial charge in [-0.25, -0.2) is 14.9 Å². The molecule has 0 aliphatic carbocycles. The van der Waals surface area contributed by atoms with E-state index in [-0.39, 0.29) is 0 Å². The fraction of sp³-hybridized carbons (Fsp3) is 0. The van der Waals surface area contributed by atoms with Crippen molar-refractivity contribution in [1.29, 1.82) is 0 Å². The summed E-state index contributed by atoms with van der Waals surface area (Å²) in [6.07, 6.45) is 3.26. The van der Waals surface area contributed by atoms with Gasteiger partial charge in [0, 0.05) is 12.4 Å². The molecule has 9 heteroatoms. The fourth-order valence-corrected chi connectivity index (χ4v) is 1.67. The molecule has 0 aromatic carbocycles. The highest BCUT2D eigenvalue weighted by molar-refractivity contribution is 5.69. The minimum absolute atomic E-state index is 0.488. The molecule has 0 fully saturated rings. The predicted octanol–water partition coefficient (Wildman–Crippen LogP) is -0.142. The van der Waals surface area contributed by atoms with Crippen molar-refractivity contribution < 1.29 is 4.94 Å². The second kappa shape index (κ2) is 3.70. The Balaban J connectivity index is 1.82. The van der Waals surface area contributed by atoms with Crippen LogP contribution in [0.2, 0.25) is 0 Å². The summed E-state index contributed by atoms with van der Waals surface area (Å²) >= 11 is 0. The highest BCUT2D eigenvalue weighted by atomic mass is 16.8. The zero-order valence-corrected chi connectivity index (χ0v) is 9.45. The lowest BCUT2D eigenvalue weighted by molar-refractivity contribution is -0.00201. The third-order valence-corrected chi connectivity index (χ3v) is 2.52. The monoisotopic (exact) mass is 254 g/mol. The van der Waals surface area contributed by atoms with Gasteiger partial charge in [0.1, 0.15) is 11.0 Å². The molecule has 0 saturated carbocycles. The predicted molar refractivity (Wildman–Crippen MR) is 62.6 cm³/mol. The van der Waals surface area contributed by atoms with Crippen molar-refractivity contribution in [3.05, 3.63) is 36.7 Å². The summed E-state index contributed by atoms with van der Waals surface area (Å²) < 4.78 is 0. The van der Waals surface area contributed by atoms with Gasteiger partial charge in [0.05, 0.1) is 0 Å². The van der Waals surface area contributed by atoms with E-state index in [4.69, 9.17) is 4.94 Å². The first-order chi connectivity index (χ1) is 9.42. The van der Waals surface area contributed by atoms with Crippen molar-refractivity contribution in [3.63, 3.8) is 0 Å². The van der Waals surface area contributed by atoms with Gasteiger partial charge in [0.25, 0.3) is 0 Å². The molecule has 0 saturated heterocycles. The van der Waals surface area contributed by atoms with Crippen LogP contribution in [0.4, 0.5) is 0 Å². The Morgan fingerprint density at radius 1 is 0.789 bits per heavy atom. The molecule has 0 unspecified atom stereocenters. The van der Waals surface area contributed by atoms with Crippen molar-refractivity contribution in [2.75, 3.05) is 0 Å². The fourth-order valence-electron chi connectivity index (χ4n) is 1.67. The van der Waals surface area contributed by atoms with Crippen molar-refractivity contribution in [2.24, 2.45) is 0 Å². The third kappa shape index (κ3) is 1.48. The van der Waals surface area contributed by atoms with E-state index < -0.39 is 0 Å². The highest BCUT2D eigenvalue weighted by Gasteiger charge is 2.10. The summed E-state index contributed by atoms with van der Waals surface area (Å²) in [4.78, 5) is 16.0. The van der Waals surface area contributed by atoms with Crippen LogP contribution in [-0.4, -0.2) is 40.3 Å². The molecule has 0 N–H and O–H groups in total. The third-order valence-electron chi connectivity index (χ3n) is 2.52. The number of pyridine rings is 2. The van der Waals surface area contributed by atoms with Crippen LogP contribution in [0, 0.1) is 0 Å². The van der Waals surface area contributed by atoms with E-state index >= 15 is 0 Å². The Hall–Kier alpha value is -3.10. The van der Waals surface area contributed by atoms with Crippen LogP contribution >= 0.6 is 0 Å². The molecule has 19 heavy (non-hydrogen) atoms. The average molecular weight is 254 g/mol. The Labute approximate surface area is 105 Å². The minimum atomic E-state index is 0.488. The van der Waals surface area contributed by atoms with Gasteiger partial charge in [0.2, 0.25) is 11.3 Å². The molecule has 0 bridgehead atoms. The SMILES string of the molecule is c1cnc2c(c1)nnn2On1nnc2cccnc21. The average Bonchev–Trinajstić information content (AvgIpc) is 3.05. The summed E-state index contributed by atoms with van der Waals surface area (Å²) in [5.41, 5.74) is 2.23. The van der Waals surface area contributed by atoms with Crippen molar-refractivity contribution in [3.8, 4) is 0 Å². The first kappa shape index (κ1) is 9.88. The minimum Gasteiger partial charge on any atom is -0.240 e. The van der Waals surface area contributed by atoms with Gasteiger partial charge in [-0.05, 0) is 44.4 Å². The molecule has 4 rings (SSSR count). The van der Waals surface area contributed by atoms with Crippen molar-refractivity contribution >= 4 is 22.3 Å². The van der Waals surface area contributed by atoms with Crippen LogP contribution < -0.4 is 4.94 Å². The lowest BCUT2D eigenvalue weighted by Crippen LogP contribution is -2.21. The molecule has 4 heterocycles. The van der Waals surface area contributed by atoms with Crippen LogP contribution in [-0.2, 0) is 0 Å². The summed E-state index contributed by atoms with van der Waals surface area (Å²) in [6, 6.07) is 7.11. The number of nitrogens with zero attached hydrogens (tertiary/aromatic N) is 8. The Morgan fingerprint density at radius 3 is 1.84 bits per heavy atom. The molecule has 0 radical (unpaired) electrons. The number of hydrogen-bond donors (Lipinski definition) is 0. The van der Waals surface area contributed by atoms with Gasteiger partial charge < -0.3 is 0 Å². The lowest BCUT2D eigenvalue weighted by Gasteiger charge is -2.01. The van der Waals surface area contributed by atoms with E-state index in [2.05, 4.69) is 30.6 Å². The van der Waals surface area contributed by atoms with Crippen LogP contribution in [0.1, 0.15) is 0 Å². The maximum atomic E-state index is 5.45. The van der Waals surface area contributed by atoms with Crippen molar-refractivity contribution in [2.45, 2.75) is 0 Å². The molecule has 0 aliphatic heterocycles. The standard InChI is InChI=1S/C10H6N8O/c1-3-7-9(11-5-1)17(15-13-7)19-18-10-8(14-16-18)4-2-6-12-10/h1-6H. The van der Waals surface area contributed by atoms with Gasteiger partial charge >= 0.3 is 0 Å². The second-order valence-corrected chi connectivity index (χ2v) is 3.70. The Morgan fingerprint density at radius 2 is 1.32 bits per heavy atom. The van der Waals surface area contributed by atoms with E-state index in [9.17, 15) is 0 Å². The molecule has 0 atom stereocenters. The topological polar surface area (TPSA) is 96.4 Å². The summed E-state index contributed by atoms with van der Waals surface area (Å²) in [5, 5.41) is 15.5. The summed E-state index contributed by atoms with van der Waals surface area (Å²) in [7, 11) is 0. The van der Waals surface area contributed by atoms with Crippen LogP contribution in [0.5, 0.6) is 0 Å². The molecule has 92 valence electrons. The molecule has 0 amide bonds. The number of rotatable bonds is 2. The van der Waals surface area contributed by atoms with Crippen LogP contribution in [0.25, 0.3) is 22.3 Å². The van der Waals surface area contributed by atoms with Gasteiger partial charge in [-0.2, -0.15) is 0 Å². The van der Waals surface area contributed by atoms with Gasteiger partial charge in [-0.15, -0.1) is 10.2 Å². The van der Waals surface area contributed by atoms with E-state index in [0.717, 1.165) is 9.69 Å². The van der Waals surface area contributed by atoms with E-state index in [1.54, 1.807) is 36.7 Å². The lowest BCUT2D eigenvalue weighted by atomic mass is 10.4. The van der Waals surface area contributed by atoms with Crippen LogP contribution in [0.3, 0.4) is 0 Å². The zero-order valence-electron chi connectivity index (χ0n) is 9.45. The Kier molecular flexibility index (Phi) is 1.92. The smallest absolute Gasteiger partial charge is 0.222 e. The number of aromatic nitrogens is 8. The van der Waals surface area contributed by atoms with E-state index in [1.165, 1.54) is 0 Å². The molecule has 0 spiro atoms. The molecule has 4 aromatic rings. The number of hydrogen-bond acceptors (Lipinski definition) is 7. The second-order valence-electron chi connectivity index (χ2n) is 3.70. The maximum Gasteiger partial charge on any atom is 0.222 e. The first-order valence-corrected chi connectivity index (χ1v) is 5.43. The Bertz CT molecular complexity index is 794. The summed E-state index contributed by atoms with van der Waals surface area (Å²) in [6.45, 7) is 0. The van der Waals surface area contributed by atoms with Gasteiger partial charge in [-0.3, -0.25) is 0 Å². The largest absolute Gasteiger partial charge is 0.240 e. The van der Waals surface area contributed by atoms with Gasteiger partial charge in [-0.1, -0.05) is 0 Å². The number of fused-ring (bicyclic) bond motifs is 2. The van der Waals surface area contributed by atoms with Crippen LogP contribution in [0.15, 0.2) is 36.7 Å². The molecule has 9 nitrogen and oxygen atoms in total. The van der Waals surface area contributed by atoms with Gasteiger partial charge in [0.15, 0.2) is 0 Å². The molecule has 0 aliphatic rings. The summed E-state index contributed by atoms with van der Waals surface area (Å²) in [5.74, 6) is 0. The quantitative estimate of drug-likeness (QED) is 0.491. The maximum absolute atomic E-state index is 5.45. The molecule has 4 aromatic heterocycles. The van der Waals surface area contributed by atoms with E-state index in [0.29, 0.717) is 22.3 Å².